The fourth-order valence-corrected chi connectivity index (χ4v) is 2.45. The Hall–Kier alpha value is -0.0800. The van der Waals surface area contributed by atoms with E-state index in [0.29, 0.717) is 6.04 Å². The molecule has 1 heterocycles. The molecule has 2 fully saturated rings. The Balaban J connectivity index is 1.87. The predicted octanol–water partition coefficient (Wildman–Crippen LogP) is 1.94. The molecule has 0 aromatic rings. The second kappa shape index (κ2) is 3.58. The molecule has 2 atom stereocenters. The minimum Gasteiger partial charge on any atom is -0.375 e. The SMILES string of the molecule is CNC1CCOC(C)(CC2CC2)C1. The Kier molecular flexibility index (Phi) is 2.61. The van der Waals surface area contributed by atoms with Crippen molar-refractivity contribution in [2.45, 2.75) is 50.7 Å². The molecule has 1 aliphatic carbocycles. The van der Waals surface area contributed by atoms with Gasteiger partial charge in [-0.1, -0.05) is 12.8 Å². The highest BCUT2D eigenvalue weighted by Crippen LogP contribution is 2.41. The van der Waals surface area contributed by atoms with Crippen LogP contribution in [0.2, 0.25) is 0 Å². The van der Waals surface area contributed by atoms with Gasteiger partial charge in [0.1, 0.15) is 0 Å². The molecular formula is C11H21NO. The van der Waals surface area contributed by atoms with E-state index in [4.69, 9.17) is 4.74 Å². The van der Waals surface area contributed by atoms with Gasteiger partial charge >= 0.3 is 0 Å². The number of rotatable bonds is 3. The monoisotopic (exact) mass is 183 g/mol. The van der Waals surface area contributed by atoms with Crippen molar-refractivity contribution in [2.75, 3.05) is 13.7 Å². The van der Waals surface area contributed by atoms with Crippen LogP contribution in [-0.4, -0.2) is 25.3 Å². The second-order valence-corrected chi connectivity index (χ2v) is 4.92. The lowest BCUT2D eigenvalue weighted by molar-refractivity contribution is -0.0830. The van der Waals surface area contributed by atoms with E-state index >= 15 is 0 Å². The average molecular weight is 183 g/mol. The highest BCUT2D eigenvalue weighted by molar-refractivity contribution is 4.90. The van der Waals surface area contributed by atoms with Crippen molar-refractivity contribution in [1.29, 1.82) is 0 Å². The van der Waals surface area contributed by atoms with Crippen LogP contribution in [0.25, 0.3) is 0 Å². The molecule has 1 saturated heterocycles. The minimum absolute atomic E-state index is 0.174. The standard InChI is InChI=1S/C11H21NO/c1-11(7-9-3-4-9)8-10(12-2)5-6-13-11/h9-10,12H,3-8H2,1-2H3. The van der Waals surface area contributed by atoms with Gasteiger partial charge < -0.3 is 10.1 Å². The summed E-state index contributed by atoms with van der Waals surface area (Å²) in [5.74, 6) is 0.973. The molecule has 2 aliphatic rings. The average Bonchev–Trinajstić information content (AvgIpc) is 2.87. The summed E-state index contributed by atoms with van der Waals surface area (Å²) in [5, 5.41) is 3.37. The van der Waals surface area contributed by atoms with Crippen molar-refractivity contribution >= 4 is 0 Å². The summed E-state index contributed by atoms with van der Waals surface area (Å²) in [6.07, 6.45) is 6.52. The fraction of sp³-hybridized carbons (Fsp3) is 1.00. The molecule has 2 nitrogen and oxygen atoms in total. The largest absolute Gasteiger partial charge is 0.375 e. The number of nitrogens with one attached hydrogen (secondary N) is 1. The van der Waals surface area contributed by atoms with Crippen LogP contribution in [0.5, 0.6) is 0 Å². The maximum Gasteiger partial charge on any atom is 0.0672 e. The van der Waals surface area contributed by atoms with Gasteiger partial charge in [-0.15, -0.1) is 0 Å². The smallest absolute Gasteiger partial charge is 0.0672 e. The summed E-state index contributed by atoms with van der Waals surface area (Å²) in [6, 6.07) is 0.678. The Morgan fingerprint density at radius 3 is 2.77 bits per heavy atom. The van der Waals surface area contributed by atoms with E-state index < -0.39 is 0 Å². The highest BCUT2D eigenvalue weighted by atomic mass is 16.5. The zero-order chi connectivity index (χ0) is 9.31. The van der Waals surface area contributed by atoms with Gasteiger partial charge in [0.05, 0.1) is 5.60 Å². The van der Waals surface area contributed by atoms with Crippen molar-refractivity contribution in [2.24, 2.45) is 5.92 Å². The van der Waals surface area contributed by atoms with Gasteiger partial charge in [-0.25, -0.2) is 0 Å². The Bertz CT molecular complexity index is 179. The first-order chi connectivity index (χ1) is 6.22. The first kappa shape index (κ1) is 9.47. The lowest BCUT2D eigenvalue weighted by Gasteiger charge is -2.38. The Morgan fingerprint density at radius 2 is 2.15 bits per heavy atom. The molecule has 1 aliphatic heterocycles. The Morgan fingerprint density at radius 1 is 1.38 bits per heavy atom. The van der Waals surface area contributed by atoms with Crippen LogP contribution in [0.15, 0.2) is 0 Å². The van der Waals surface area contributed by atoms with Gasteiger partial charge in [-0.05, 0) is 39.2 Å². The normalized spacial score (nSPS) is 40.6. The summed E-state index contributed by atoms with van der Waals surface area (Å²) >= 11 is 0. The van der Waals surface area contributed by atoms with Gasteiger partial charge in [0.15, 0.2) is 0 Å². The van der Waals surface area contributed by atoms with Gasteiger partial charge in [0, 0.05) is 12.6 Å². The topological polar surface area (TPSA) is 21.3 Å². The predicted molar refractivity (Wildman–Crippen MR) is 53.8 cm³/mol. The van der Waals surface area contributed by atoms with E-state index in [0.717, 1.165) is 12.5 Å². The zero-order valence-electron chi connectivity index (χ0n) is 8.81. The van der Waals surface area contributed by atoms with Gasteiger partial charge in [-0.3, -0.25) is 0 Å². The summed E-state index contributed by atoms with van der Waals surface area (Å²) < 4.78 is 5.91. The maximum atomic E-state index is 5.91. The molecule has 76 valence electrons. The van der Waals surface area contributed by atoms with Crippen molar-refractivity contribution in [3.63, 3.8) is 0 Å². The minimum atomic E-state index is 0.174. The number of ether oxygens (including phenoxy) is 1. The molecule has 0 radical (unpaired) electrons. The van der Waals surface area contributed by atoms with Crippen LogP contribution in [0.3, 0.4) is 0 Å². The van der Waals surface area contributed by atoms with Gasteiger partial charge in [0.25, 0.3) is 0 Å². The van der Waals surface area contributed by atoms with Gasteiger partial charge in [-0.2, -0.15) is 0 Å². The summed E-state index contributed by atoms with van der Waals surface area (Å²) in [4.78, 5) is 0. The third-order valence-electron chi connectivity index (χ3n) is 3.42. The lowest BCUT2D eigenvalue weighted by Crippen LogP contribution is -2.44. The van der Waals surface area contributed by atoms with E-state index in [9.17, 15) is 0 Å². The molecule has 0 amide bonds. The van der Waals surface area contributed by atoms with Crippen LogP contribution in [0.1, 0.15) is 39.0 Å². The quantitative estimate of drug-likeness (QED) is 0.722. The Labute approximate surface area is 81.0 Å². The first-order valence-electron chi connectivity index (χ1n) is 5.53. The number of hydrogen-bond donors (Lipinski definition) is 1. The molecule has 2 heteroatoms. The van der Waals surface area contributed by atoms with Crippen molar-refractivity contribution in [1.82, 2.24) is 5.32 Å². The molecule has 0 aromatic heterocycles. The fourth-order valence-electron chi connectivity index (χ4n) is 2.45. The van der Waals surface area contributed by atoms with Crippen LogP contribution in [0.4, 0.5) is 0 Å². The van der Waals surface area contributed by atoms with Crippen molar-refractivity contribution in [3.8, 4) is 0 Å². The van der Waals surface area contributed by atoms with E-state index in [1.165, 1.54) is 32.1 Å². The van der Waals surface area contributed by atoms with Crippen LogP contribution < -0.4 is 5.32 Å². The van der Waals surface area contributed by atoms with E-state index in [1.54, 1.807) is 0 Å². The van der Waals surface area contributed by atoms with E-state index in [-0.39, 0.29) is 5.60 Å². The first-order valence-corrected chi connectivity index (χ1v) is 5.53. The summed E-state index contributed by atoms with van der Waals surface area (Å²) in [7, 11) is 2.06. The molecular weight excluding hydrogens is 162 g/mol. The van der Waals surface area contributed by atoms with Crippen LogP contribution >= 0.6 is 0 Å². The molecule has 2 unspecified atom stereocenters. The molecule has 0 spiro atoms. The molecule has 0 aromatic carbocycles. The second-order valence-electron chi connectivity index (χ2n) is 4.92. The summed E-state index contributed by atoms with van der Waals surface area (Å²) in [6.45, 7) is 3.23. The third-order valence-corrected chi connectivity index (χ3v) is 3.42. The van der Waals surface area contributed by atoms with Crippen molar-refractivity contribution < 1.29 is 4.74 Å². The lowest BCUT2D eigenvalue weighted by atomic mass is 9.87. The highest BCUT2D eigenvalue weighted by Gasteiger charge is 2.37. The molecule has 0 bridgehead atoms. The maximum absolute atomic E-state index is 5.91. The van der Waals surface area contributed by atoms with Gasteiger partial charge in [0.2, 0.25) is 0 Å². The zero-order valence-corrected chi connectivity index (χ0v) is 8.81. The van der Waals surface area contributed by atoms with Crippen LogP contribution in [0, 0.1) is 5.92 Å². The summed E-state index contributed by atoms with van der Waals surface area (Å²) in [5.41, 5.74) is 0.174. The third kappa shape index (κ3) is 2.44. The molecule has 1 saturated carbocycles. The molecule has 1 N–H and O–H groups in total. The van der Waals surface area contributed by atoms with Crippen LogP contribution in [-0.2, 0) is 4.74 Å². The molecule has 13 heavy (non-hydrogen) atoms. The molecule has 2 rings (SSSR count). The van der Waals surface area contributed by atoms with E-state index in [2.05, 4.69) is 19.3 Å². The number of hydrogen-bond acceptors (Lipinski definition) is 2. The van der Waals surface area contributed by atoms with Crippen molar-refractivity contribution in [3.05, 3.63) is 0 Å². The van der Waals surface area contributed by atoms with E-state index in [1.807, 2.05) is 0 Å².